The average molecular weight is 242 g/mol. The van der Waals surface area contributed by atoms with Gasteiger partial charge < -0.3 is 10.1 Å². The molecule has 0 saturated carbocycles. The van der Waals surface area contributed by atoms with Crippen molar-refractivity contribution in [3.8, 4) is 0 Å². The second-order valence-corrected chi connectivity index (χ2v) is 5.05. The molecule has 0 bridgehead atoms. The van der Waals surface area contributed by atoms with Gasteiger partial charge in [-0.15, -0.1) is 0 Å². The summed E-state index contributed by atoms with van der Waals surface area (Å²) in [6, 6.07) is -0.189. The van der Waals surface area contributed by atoms with E-state index in [0.717, 1.165) is 6.42 Å². The van der Waals surface area contributed by atoms with Crippen molar-refractivity contribution in [2.75, 3.05) is 6.54 Å². The van der Waals surface area contributed by atoms with Crippen LogP contribution in [0.15, 0.2) is 5.11 Å². The van der Waals surface area contributed by atoms with Crippen molar-refractivity contribution in [1.29, 1.82) is 0 Å². The molecule has 0 spiro atoms. The topological polar surface area (TPSA) is 87.1 Å². The molecule has 6 nitrogen and oxygen atoms in total. The summed E-state index contributed by atoms with van der Waals surface area (Å²) in [6.07, 6.45) is 0.414. The van der Waals surface area contributed by atoms with Crippen LogP contribution >= 0.6 is 0 Å². The molecule has 1 amide bonds. The number of alkyl carbamates (subject to hydrolysis) is 1. The van der Waals surface area contributed by atoms with Gasteiger partial charge in [0.2, 0.25) is 0 Å². The van der Waals surface area contributed by atoms with Crippen molar-refractivity contribution in [3.63, 3.8) is 0 Å². The van der Waals surface area contributed by atoms with Crippen LogP contribution in [-0.4, -0.2) is 24.3 Å². The van der Waals surface area contributed by atoms with Gasteiger partial charge in [0.25, 0.3) is 0 Å². The summed E-state index contributed by atoms with van der Waals surface area (Å²) in [5.74, 6) is 0.230. The van der Waals surface area contributed by atoms with E-state index < -0.39 is 11.7 Å². The minimum atomic E-state index is -0.525. The molecule has 6 heteroatoms. The fraction of sp³-hybridized carbons (Fsp3) is 0.909. The lowest BCUT2D eigenvalue weighted by atomic mass is 9.99. The Morgan fingerprint density at radius 1 is 1.53 bits per heavy atom. The van der Waals surface area contributed by atoms with Gasteiger partial charge in [-0.05, 0) is 32.2 Å². The third kappa shape index (κ3) is 7.47. The molecular weight excluding hydrogens is 220 g/mol. The summed E-state index contributed by atoms with van der Waals surface area (Å²) in [6.45, 7) is 9.67. The minimum absolute atomic E-state index is 0.189. The maximum Gasteiger partial charge on any atom is 0.407 e. The molecule has 1 unspecified atom stereocenters. The van der Waals surface area contributed by atoms with Gasteiger partial charge in [-0.2, -0.15) is 0 Å². The third-order valence-electron chi connectivity index (χ3n) is 2.37. The first-order valence-corrected chi connectivity index (χ1v) is 5.80. The van der Waals surface area contributed by atoms with E-state index in [4.69, 9.17) is 10.3 Å². The molecule has 0 radical (unpaired) electrons. The van der Waals surface area contributed by atoms with Crippen LogP contribution in [0.2, 0.25) is 0 Å². The van der Waals surface area contributed by atoms with Crippen molar-refractivity contribution in [2.45, 2.75) is 52.7 Å². The molecule has 0 aliphatic carbocycles. The lowest BCUT2D eigenvalue weighted by Gasteiger charge is -2.25. The van der Waals surface area contributed by atoms with Crippen LogP contribution in [0.3, 0.4) is 0 Å². The van der Waals surface area contributed by atoms with Crippen LogP contribution in [-0.2, 0) is 4.74 Å². The molecule has 0 aromatic heterocycles. The Kier molecular flexibility index (Phi) is 6.43. The predicted octanol–water partition coefficient (Wildman–Crippen LogP) is 3.24. The maximum absolute atomic E-state index is 11.6. The fourth-order valence-corrected chi connectivity index (χ4v) is 1.24. The summed E-state index contributed by atoms with van der Waals surface area (Å²) in [5, 5.41) is 6.23. The van der Waals surface area contributed by atoms with Crippen LogP contribution in [0.1, 0.15) is 41.0 Å². The number of ether oxygens (including phenoxy) is 1. The Morgan fingerprint density at radius 3 is 2.53 bits per heavy atom. The number of amides is 1. The zero-order chi connectivity index (χ0) is 13.5. The van der Waals surface area contributed by atoms with E-state index >= 15 is 0 Å². The van der Waals surface area contributed by atoms with Crippen LogP contribution in [0.5, 0.6) is 0 Å². The van der Waals surface area contributed by atoms with Crippen molar-refractivity contribution < 1.29 is 9.53 Å². The molecular formula is C11H22N4O2. The molecule has 17 heavy (non-hydrogen) atoms. The van der Waals surface area contributed by atoms with Gasteiger partial charge >= 0.3 is 6.09 Å². The summed E-state index contributed by atoms with van der Waals surface area (Å²) >= 11 is 0. The van der Waals surface area contributed by atoms with E-state index in [0.29, 0.717) is 0 Å². The SMILES string of the molecule is CCC(C)[C@@H](CN=[N+]=[N-])NC(=O)OC(C)(C)C. The lowest BCUT2D eigenvalue weighted by Crippen LogP contribution is -2.43. The summed E-state index contributed by atoms with van der Waals surface area (Å²) in [4.78, 5) is 14.3. The molecule has 0 aliphatic rings. The number of nitrogens with one attached hydrogen (secondary N) is 1. The Hall–Kier alpha value is -1.42. The largest absolute Gasteiger partial charge is 0.444 e. The van der Waals surface area contributed by atoms with E-state index in [9.17, 15) is 4.79 Å². The molecule has 0 aromatic carbocycles. The van der Waals surface area contributed by atoms with Gasteiger partial charge in [0.05, 0.1) is 0 Å². The van der Waals surface area contributed by atoms with Gasteiger partial charge in [-0.25, -0.2) is 4.79 Å². The van der Waals surface area contributed by atoms with Gasteiger partial charge in [-0.3, -0.25) is 0 Å². The Morgan fingerprint density at radius 2 is 2.12 bits per heavy atom. The van der Waals surface area contributed by atoms with E-state index in [2.05, 4.69) is 15.3 Å². The highest BCUT2D eigenvalue weighted by atomic mass is 16.6. The number of carbonyl (C=O) groups excluding carboxylic acids is 1. The number of hydrogen-bond donors (Lipinski definition) is 1. The van der Waals surface area contributed by atoms with Crippen LogP contribution in [0.4, 0.5) is 4.79 Å². The standard InChI is InChI=1S/C11H22N4O2/c1-6-8(2)9(7-13-15-12)14-10(16)17-11(3,4)5/h8-9H,6-7H2,1-5H3,(H,14,16)/t8?,9-/m1/s1. The first-order chi connectivity index (χ1) is 7.80. The summed E-state index contributed by atoms with van der Waals surface area (Å²) < 4.78 is 5.16. The highest BCUT2D eigenvalue weighted by molar-refractivity contribution is 5.68. The first-order valence-electron chi connectivity index (χ1n) is 5.80. The fourth-order valence-electron chi connectivity index (χ4n) is 1.24. The van der Waals surface area contributed by atoms with Crippen molar-refractivity contribution in [1.82, 2.24) is 5.32 Å². The maximum atomic E-state index is 11.6. The monoisotopic (exact) mass is 242 g/mol. The quantitative estimate of drug-likeness (QED) is 0.455. The third-order valence-corrected chi connectivity index (χ3v) is 2.37. The Labute approximate surface area is 102 Å². The van der Waals surface area contributed by atoms with Gasteiger partial charge in [0.1, 0.15) is 5.60 Å². The number of hydrogen-bond acceptors (Lipinski definition) is 3. The zero-order valence-corrected chi connectivity index (χ0v) is 11.2. The van der Waals surface area contributed by atoms with Crippen molar-refractivity contribution in [3.05, 3.63) is 10.4 Å². The Balaban J connectivity index is 4.42. The predicted molar refractivity (Wildman–Crippen MR) is 66.6 cm³/mol. The number of carbonyl (C=O) groups is 1. The van der Waals surface area contributed by atoms with Gasteiger partial charge in [-0.1, -0.05) is 25.4 Å². The summed E-state index contributed by atoms with van der Waals surface area (Å²) in [5.41, 5.74) is 7.78. The van der Waals surface area contributed by atoms with E-state index in [1.807, 2.05) is 13.8 Å². The first kappa shape index (κ1) is 15.6. The molecule has 0 heterocycles. The molecule has 0 aromatic rings. The van der Waals surface area contributed by atoms with Gasteiger partial charge in [0, 0.05) is 17.5 Å². The van der Waals surface area contributed by atoms with Crippen molar-refractivity contribution in [2.24, 2.45) is 11.0 Å². The molecule has 0 aliphatic heterocycles. The normalized spacial score (nSPS) is 14.4. The second-order valence-electron chi connectivity index (χ2n) is 5.05. The number of nitrogens with zero attached hydrogens (tertiary/aromatic N) is 3. The average Bonchev–Trinajstić information content (AvgIpc) is 2.20. The molecule has 0 fully saturated rings. The van der Waals surface area contributed by atoms with E-state index in [-0.39, 0.29) is 18.5 Å². The lowest BCUT2D eigenvalue weighted by molar-refractivity contribution is 0.0490. The Bertz CT molecular complexity index is 292. The van der Waals surface area contributed by atoms with Crippen LogP contribution < -0.4 is 5.32 Å². The second kappa shape index (κ2) is 7.01. The van der Waals surface area contributed by atoms with Gasteiger partial charge in [0.15, 0.2) is 0 Å². The van der Waals surface area contributed by atoms with E-state index in [1.54, 1.807) is 20.8 Å². The van der Waals surface area contributed by atoms with E-state index in [1.165, 1.54) is 0 Å². The zero-order valence-electron chi connectivity index (χ0n) is 11.2. The molecule has 2 atom stereocenters. The summed E-state index contributed by atoms with van der Waals surface area (Å²) in [7, 11) is 0. The van der Waals surface area contributed by atoms with Crippen LogP contribution in [0.25, 0.3) is 10.4 Å². The molecule has 98 valence electrons. The number of rotatable bonds is 5. The molecule has 0 rings (SSSR count). The highest BCUT2D eigenvalue weighted by Crippen LogP contribution is 2.11. The molecule has 0 saturated heterocycles. The minimum Gasteiger partial charge on any atom is -0.444 e. The van der Waals surface area contributed by atoms with Crippen molar-refractivity contribution >= 4 is 6.09 Å². The van der Waals surface area contributed by atoms with Crippen LogP contribution in [0, 0.1) is 5.92 Å². The smallest absolute Gasteiger partial charge is 0.407 e. The highest BCUT2D eigenvalue weighted by Gasteiger charge is 2.21. The molecule has 1 N–H and O–H groups in total. The number of azide groups is 1.